The average Bonchev–Trinajstić information content (AvgIpc) is 2.37. The number of likely N-dealkylation sites (tertiary alicyclic amines) is 1. The molecule has 1 amide bonds. The van der Waals surface area contributed by atoms with Crippen molar-refractivity contribution in [3.05, 3.63) is 24.5 Å². The number of amides is 1. The van der Waals surface area contributed by atoms with E-state index in [0.29, 0.717) is 5.75 Å². The first-order chi connectivity index (χ1) is 8.86. The van der Waals surface area contributed by atoms with Crippen molar-refractivity contribution in [2.75, 3.05) is 19.7 Å². The van der Waals surface area contributed by atoms with Crippen molar-refractivity contribution in [1.82, 2.24) is 9.88 Å². The van der Waals surface area contributed by atoms with E-state index in [9.17, 15) is 4.79 Å². The second-order valence-electron chi connectivity index (χ2n) is 4.63. The first kappa shape index (κ1) is 12.9. The molecule has 2 heterocycles. The monoisotopic (exact) mass is 248 g/mol. The quantitative estimate of drug-likeness (QED) is 0.824. The largest absolute Gasteiger partial charge is 0.482 e. The predicted octanol–water partition coefficient (Wildman–Crippen LogP) is 2.25. The zero-order valence-corrected chi connectivity index (χ0v) is 10.7. The molecule has 0 spiro atoms. The Bertz CT molecular complexity index is 359. The van der Waals surface area contributed by atoms with E-state index in [4.69, 9.17) is 4.74 Å². The van der Waals surface area contributed by atoms with Gasteiger partial charge in [0.05, 0.1) is 6.20 Å². The van der Waals surface area contributed by atoms with E-state index in [1.807, 2.05) is 11.0 Å². The SMILES string of the molecule is O=C(COc1cccnc1)N1CCCCCCC1. The summed E-state index contributed by atoms with van der Waals surface area (Å²) < 4.78 is 5.44. The van der Waals surface area contributed by atoms with Gasteiger partial charge in [-0.25, -0.2) is 0 Å². The van der Waals surface area contributed by atoms with Crippen LogP contribution in [0.1, 0.15) is 32.1 Å². The number of ether oxygens (including phenoxy) is 1. The lowest BCUT2D eigenvalue weighted by atomic mass is 10.1. The van der Waals surface area contributed by atoms with Crippen molar-refractivity contribution < 1.29 is 9.53 Å². The summed E-state index contributed by atoms with van der Waals surface area (Å²) in [6, 6.07) is 3.61. The maximum atomic E-state index is 12.0. The topological polar surface area (TPSA) is 42.4 Å². The van der Waals surface area contributed by atoms with E-state index in [-0.39, 0.29) is 12.5 Å². The van der Waals surface area contributed by atoms with Crippen LogP contribution >= 0.6 is 0 Å². The molecule has 0 unspecified atom stereocenters. The number of rotatable bonds is 3. The van der Waals surface area contributed by atoms with Gasteiger partial charge in [0.15, 0.2) is 6.61 Å². The van der Waals surface area contributed by atoms with E-state index in [1.54, 1.807) is 18.5 Å². The number of carbonyl (C=O) groups excluding carboxylic acids is 1. The van der Waals surface area contributed by atoms with Crippen molar-refractivity contribution in [3.63, 3.8) is 0 Å². The van der Waals surface area contributed by atoms with Gasteiger partial charge in [0.25, 0.3) is 5.91 Å². The van der Waals surface area contributed by atoms with E-state index >= 15 is 0 Å². The molecule has 0 atom stereocenters. The molecule has 0 aliphatic carbocycles. The molecule has 0 saturated carbocycles. The van der Waals surface area contributed by atoms with Gasteiger partial charge in [0.1, 0.15) is 5.75 Å². The first-order valence-electron chi connectivity index (χ1n) is 6.67. The highest BCUT2D eigenvalue weighted by Crippen LogP contribution is 2.11. The lowest BCUT2D eigenvalue weighted by Gasteiger charge is -2.24. The van der Waals surface area contributed by atoms with E-state index < -0.39 is 0 Å². The molecule has 4 nitrogen and oxygen atoms in total. The highest BCUT2D eigenvalue weighted by atomic mass is 16.5. The van der Waals surface area contributed by atoms with Gasteiger partial charge in [0, 0.05) is 19.3 Å². The van der Waals surface area contributed by atoms with Gasteiger partial charge in [0.2, 0.25) is 0 Å². The number of carbonyl (C=O) groups is 1. The second kappa shape index (κ2) is 6.99. The van der Waals surface area contributed by atoms with Gasteiger partial charge in [-0.3, -0.25) is 9.78 Å². The van der Waals surface area contributed by atoms with Gasteiger partial charge in [-0.2, -0.15) is 0 Å². The third-order valence-electron chi connectivity index (χ3n) is 3.21. The van der Waals surface area contributed by atoms with Gasteiger partial charge < -0.3 is 9.64 Å². The van der Waals surface area contributed by atoms with Crippen LogP contribution in [0.4, 0.5) is 0 Å². The zero-order valence-electron chi connectivity index (χ0n) is 10.7. The van der Waals surface area contributed by atoms with Crippen LogP contribution in [-0.4, -0.2) is 35.5 Å². The van der Waals surface area contributed by atoms with Crippen LogP contribution in [0.25, 0.3) is 0 Å². The summed E-state index contributed by atoms with van der Waals surface area (Å²) in [7, 11) is 0. The molecule has 98 valence electrons. The fraction of sp³-hybridized carbons (Fsp3) is 0.571. The molecule has 1 saturated heterocycles. The van der Waals surface area contributed by atoms with Crippen LogP contribution in [0.5, 0.6) is 5.75 Å². The molecular formula is C14H20N2O2. The summed E-state index contributed by atoms with van der Waals surface area (Å²) in [5.74, 6) is 0.735. The number of nitrogens with zero attached hydrogens (tertiary/aromatic N) is 2. The highest BCUT2D eigenvalue weighted by molar-refractivity contribution is 5.77. The summed E-state index contributed by atoms with van der Waals surface area (Å²) in [6.45, 7) is 1.86. The number of aromatic nitrogens is 1. The summed E-state index contributed by atoms with van der Waals surface area (Å²) in [5, 5.41) is 0. The predicted molar refractivity (Wildman–Crippen MR) is 69.4 cm³/mol. The molecule has 0 bridgehead atoms. The lowest BCUT2D eigenvalue weighted by Crippen LogP contribution is -2.37. The second-order valence-corrected chi connectivity index (χ2v) is 4.63. The molecular weight excluding hydrogens is 228 g/mol. The molecule has 18 heavy (non-hydrogen) atoms. The minimum absolute atomic E-state index is 0.0840. The molecule has 0 radical (unpaired) electrons. The zero-order chi connectivity index (χ0) is 12.6. The van der Waals surface area contributed by atoms with E-state index in [1.165, 1.54) is 19.3 Å². The third-order valence-corrected chi connectivity index (χ3v) is 3.21. The average molecular weight is 248 g/mol. The van der Waals surface area contributed by atoms with Crippen LogP contribution in [-0.2, 0) is 4.79 Å². The Kier molecular flexibility index (Phi) is 5.00. The van der Waals surface area contributed by atoms with Gasteiger partial charge >= 0.3 is 0 Å². The Balaban J connectivity index is 1.79. The number of hydrogen-bond donors (Lipinski definition) is 0. The normalized spacial score (nSPS) is 16.8. The molecule has 0 aromatic carbocycles. The third kappa shape index (κ3) is 4.02. The Labute approximate surface area is 108 Å². The van der Waals surface area contributed by atoms with Crippen LogP contribution in [0.3, 0.4) is 0 Å². The molecule has 2 rings (SSSR count). The molecule has 1 aliphatic heterocycles. The molecule has 1 aliphatic rings. The minimum Gasteiger partial charge on any atom is -0.482 e. The van der Waals surface area contributed by atoms with Crippen molar-refractivity contribution in [2.24, 2.45) is 0 Å². The van der Waals surface area contributed by atoms with Crippen LogP contribution in [0.15, 0.2) is 24.5 Å². The lowest BCUT2D eigenvalue weighted by molar-refractivity contribution is -0.133. The van der Waals surface area contributed by atoms with Crippen LogP contribution in [0, 0.1) is 0 Å². The maximum absolute atomic E-state index is 12.0. The van der Waals surface area contributed by atoms with E-state index in [0.717, 1.165) is 25.9 Å². The fourth-order valence-corrected chi connectivity index (χ4v) is 2.17. The minimum atomic E-state index is 0.0840. The summed E-state index contributed by atoms with van der Waals surface area (Å²) in [4.78, 5) is 17.9. The van der Waals surface area contributed by atoms with Crippen LogP contribution in [0.2, 0.25) is 0 Å². The van der Waals surface area contributed by atoms with Crippen molar-refractivity contribution >= 4 is 5.91 Å². The first-order valence-corrected chi connectivity index (χ1v) is 6.67. The Morgan fingerprint density at radius 3 is 2.61 bits per heavy atom. The Hall–Kier alpha value is -1.58. The molecule has 0 N–H and O–H groups in total. The number of pyridine rings is 1. The van der Waals surface area contributed by atoms with Crippen molar-refractivity contribution in [1.29, 1.82) is 0 Å². The van der Waals surface area contributed by atoms with Crippen molar-refractivity contribution in [2.45, 2.75) is 32.1 Å². The standard InChI is InChI=1S/C14H20N2O2/c17-14(12-18-13-7-6-8-15-11-13)16-9-4-2-1-3-5-10-16/h6-8,11H,1-5,9-10,12H2. The molecule has 1 aromatic rings. The van der Waals surface area contributed by atoms with Crippen molar-refractivity contribution in [3.8, 4) is 5.75 Å². The van der Waals surface area contributed by atoms with Gasteiger partial charge in [-0.15, -0.1) is 0 Å². The smallest absolute Gasteiger partial charge is 0.260 e. The molecule has 1 fully saturated rings. The molecule has 1 aromatic heterocycles. The molecule has 4 heteroatoms. The Morgan fingerprint density at radius 2 is 1.94 bits per heavy atom. The fourth-order valence-electron chi connectivity index (χ4n) is 2.17. The number of hydrogen-bond acceptors (Lipinski definition) is 3. The summed E-state index contributed by atoms with van der Waals surface area (Å²) >= 11 is 0. The Morgan fingerprint density at radius 1 is 1.22 bits per heavy atom. The van der Waals surface area contributed by atoms with Gasteiger partial charge in [-0.05, 0) is 25.0 Å². The van der Waals surface area contributed by atoms with E-state index in [2.05, 4.69) is 4.98 Å². The highest BCUT2D eigenvalue weighted by Gasteiger charge is 2.15. The van der Waals surface area contributed by atoms with Crippen LogP contribution < -0.4 is 4.74 Å². The summed E-state index contributed by atoms with van der Waals surface area (Å²) in [6.07, 6.45) is 9.29. The van der Waals surface area contributed by atoms with Gasteiger partial charge in [-0.1, -0.05) is 19.3 Å². The maximum Gasteiger partial charge on any atom is 0.260 e. The summed E-state index contributed by atoms with van der Waals surface area (Å²) in [5.41, 5.74) is 0.